The highest BCUT2D eigenvalue weighted by Crippen LogP contribution is 2.20. The van der Waals surface area contributed by atoms with E-state index in [1.54, 1.807) is 22.7 Å². The van der Waals surface area contributed by atoms with Crippen LogP contribution in [-0.2, 0) is 7.05 Å². The Hall–Kier alpha value is -1.89. The average Bonchev–Trinajstić information content (AvgIpc) is 2.56. The van der Waals surface area contributed by atoms with Gasteiger partial charge in [0.2, 0.25) is 17.1 Å². The van der Waals surface area contributed by atoms with Gasteiger partial charge in [-0.25, -0.2) is 4.68 Å². The quantitative estimate of drug-likeness (QED) is 0.839. The standard InChI is InChI=1S/C10H13ClN6O/c1-6-5-7(17(4)15-6)18-10-13-8(11)12-9(14-10)16(2)3/h5H,1-4H3. The largest absolute Gasteiger partial charge is 0.405 e. The molecule has 0 aromatic carbocycles. The zero-order valence-electron chi connectivity index (χ0n) is 10.5. The van der Waals surface area contributed by atoms with E-state index in [4.69, 9.17) is 16.3 Å². The molecular weight excluding hydrogens is 256 g/mol. The van der Waals surface area contributed by atoms with Crippen molar-refractivity contribution in [2.24, 2.45) is 7.05 Å². The van der Waals surface area contributed by atoms with E-state index in [9.17, 15) is 0 Å². The Kier molecular flexibility index (Phi) is 3.33. The molecule has 2 heterocycles. The third-order valence-corrected chi connectivity index (χ3v) is 2.30. The van der Waals surface area contributed by atoms with Crippen LogP contribution in [0.25, 0.3) is 0 Å². The Labute approximate surface area is 109 Å². The van der Waals surface area contributed by atoms with Gasteiger partial charge in [-0.1, -0.05) is 0 Å². The lowest BCUT2D eigenvalue weighted by Crippen LogP contribution is -2.14. The number of halogens is 1. The van der Waals surface area contributed by atoms with E-state index in [-0.39, 0.29) is 11.3 Å². The fraction of sp³-hybridized carbons (Fsp3) is 0.400. The molecule has 96 valence electrons. The number of nitrogens with zero attached hydrogens (tertiary/aromatic N) is 6. The first kappa shape index (κ1) is 12.6. The van der Waals surface area contributed by atoms with Crippen LogP contribution in [0.2, 0.25) is 5.28 Å². The molecule has 0 saturated heterocycles. The summed E-state index contributed by atoms with van der Waals surface area (Å²) in [4.78, 5) is 13.7. The molecule has 0 aliphatic carbocycles. The predicted octanol–water partition coefficient (Wildman–Crippen LogP) is 1.43. The van der Waals surface area contributed by atoms with Gasteiger partial charge in [0.1, 0.15) is 0 Å². The van der Waals surface area contributed by atoms with Crippen LogP contribution in [0.1, 0.15) is 5.69 Å². The lowest BCUT2D eigenvalue weighted by Gasteiger charge is -2.10. The van der Waals surface area contributed by atoms with Crippen LogP contribution in [-0.4, -0.2) is 38.8 Å². The second-order valence-electron chi connectivity index (χ2n) is 3.93. The third-order valence-electron chi connectivity index (χ3n) is 2.13. The van der Waals surface area contributed by atoms with E-state index in [1.165, 1.54) is 0 Å². The Morgan fingerprint density at radius 1 is 1.28 bits per heavy atom. The van der Waals surface area contributed by atoms with Gasteiger partial charge in [0.05, 0.1) is 5.69 Å². The zero-order valence-corrected chi connectivity index (χ0v) is 11.3. The minimum atomic E-state index is 0.0857. The van der Waals surface area contributed by atoms with Crippen LogP contribution >= 0.6 is 11.6 Å². The highest BCUT2D eigenvalue weighted by atomic mass is 35.5. The van der Waals surface area contributed by atoms with Gasteiger partial charge < -0.3 is 9.64 Å². The first-order valence-electron chi connectivity index (χ1n) is 5.23. The molecule has 0 bridgehead atoms. The highest BCUT2D eigenvalue weighted by molar-refractivity contribution is 6.28. The van der Waals surface area contributed by atoms with Crippen LogP contribution in [0.4, 0.5) is 5.95 Å². The first-order valence-corrected chi connectivity index (χ1v) is 5.61. The fourth-order valence-corrected chi connectivity index (χ4v) is 1.49. The van der Waals surface area contributed by atoms with Crippen molar-refractivity contribution in [2.45, 2.75) is 6.92 Å². The molecule has 0 saturated carbocycles. The van der Waals surface area contributed by atoms with E-state index < -0.39 is 0 Å². The minimum absolute atomic E-state index is 0.0857. The summed E-state index contributed by atoms with van der Waals surface area (Å²) in [7, 11) is 5.39. The van der Waals surface area contributed by atoms with Gasteiger partial charge in [-0.15, -0.1) is 0 Å². The molecule has 0 amide bonds. The van der Waals surface area contributed by atoms with Gasteiger partial charge >= 0.3 is 6.01 Å². The maximum Gasteiger partial charge on any atom is 0.329 e. The second kappa shape index (κ2) is 4.77. The minimum Gasteiger partial charge on any atom is -0.405 e. The number of hydrogen-bond donors (Lipinski definition) is 0. The number of ether oxygens (including phenoxy) is 1. The van der Waals surface area contributed by atoms with Crippen LogP contribution < -0.4 is 9.64 Å². The lowest BCUT2D eigenvalue weighted by atomic mass is 10.5. The number of aromatic nitrogens is 5. The van der Waals surface area contributed by atoms with E-state index in [0.29, 0.717) is 11.8 Å². The number of hydrogen-bond acceptors (Lipinski definition) is 6. The van der Waals surface area contributed by atoms with Gasteiger partial charge in [-0.2, -0.15) is 20.1 Å². The molecular formula is C10H13ClN6O. The zero-order chi connectivity index (χ0) is 13.3. The molecule has 2 rings (SSSR count). The molecule has 2 aromatic heterocycles. The maximum atomic E-state index is 5.81. The number of anilines is 1. The molecule has 0 aliphatic rings. The van der Waals surface area contributed by atoms with Crippen molar-refractivity contribution in [3.05, 3.63) is 17.0 Å². The van der Waals surface area contributed by atoms with Gasteiger partial charge in [-0.3, -0.25) is 0 Å². The highest BCUT2D eigenvalue weighted by Gasteiger charge is 2.11. The molecule has 18 heavy (non-hydrogen) atoms. The van der Waals surface area contributed by atoms with E-state index in [0.717, 1.165) is 5.69 Å². The first-order chi connectivity index (χ1) is 8.45. The summed E-state index contributed by atoms with van der Waals surface area (Å²) < 4.78 is 7.13. The molecule has 7 nitrogen and oxygen atoms in total. The lowest BCUT2D eigenvalue weighted by molar-refractivity contribution is 0.397. The molecule has 0 radical (unpaired) electrons. The van der Waals surface area contributed by atoms with Gasteiger partial charge in [0.15, 0.2) is 0 Å². The van der Waals surface area contributed by atoms with Crippen LogP contribution in [0, 0.1) is 6.92 Å². The Balaban J connectivity index is 2.31. The summed E-state index contributed by atoms with van der Waals surface area (Å²) in [5.41, 5.74) is 0.848. The van der Waals surface area contributed by atoms with Crippen molar-refractivity contribution in [1.29, 1.82) is 0 Å². The summed E-state index contributed by atoms with van der Waals surface area (Å²) in [5, 5.41) is 4.25. The van der Waals surface area contributed by atoms with Crippen molar-refractivity contribution < 1.29 is 4.74 Å². The molecule has 0 unspecified atom stereocenters. The Morgan fingerprint density at radius 3 is 2.56 bits per heavy atom. The van der Waals surface area contributed by atoms with Crippen LogP contribution in [0.3, 0.4) is 0 Å². The van der Waals surface area contributed by atoms with Crippen molar-refractivity contribution >= 4 is 17.5 Å². The monoisotopic (exact) mass is 268 g/mol. The summed E-state index contributed by atoms with van der Waals surface area (Å²) in [6.45, 7) is 1.87. The predicted molar refractivity (Wildman–Crippen MR) is 67.2 cm³/mol. The topological polar surface area (TPSA) is 69.0 Å². The Bertz CT molecular complexity index is 567. The second-order valence-corrected chi connectivity index (χ2v) is 4.27. The molecule has 0 fully saturated rings. The van der Waals surface area contributed by atoms with Crippen molar-refractivity contribution in [3.63, 3.8) is 0 Å². The molecule has 0 atom stereocenters. The Morgan fingerprint density at radius 2 is 2.00 bits per heavy atom. The van der Waals surface area contributed by atoms with Gasteiger partial charge in [0.25, 0.3) is 0 Å². The van der Waals surface area contributed by atoms with Gasteiger partial charge in [0, 0.05) is 27.2 Å². The molecule has 0 N–H and O–H groups in total. The summed E-state index contributed by atoms with van der Waals surface area (Å²) in [6.07, 6.45) is 0. The molecule has 8 heteroatoms. The summed E-state index contributed by atoms with van der Waals surface area (Å²) >= 11 is 5.81. The van der Waals surface area contributed by atoms with Crippen molar-refractivity contribution in [3.8, 4) is 11.9 Å². The molecule has 0 aliphatic heterocycles. The van der Waals surface area contributed by atoms with Gasteiger partial charge in [-0.05, 0) is 18.5 Å². The third kappa shape index (κ3) is 2.67. The van der Waals surface area contributed by atoms with Crippen LogP contribution in [0.15, 0.2) is 6.07 Å². The SMILES string of the molecule is Cc1cc(Oc2nc(Cl)nc(N(C)C)n2)n(C)n1. The van der Waals surface area contributed by atoms with E-state index >= 15 is 0 Å². The number of rotatable bonds is 3. The van der Waals surface area contributed by atoms with Crippen molar-refractivity contribution in [1.82, 2.24) is 24.7 Å². The number of aryl methyl sites for hydroxylation is 2. The summed E-state index contributed by atoms with van der Waals surface area (Å²) in [6, 6.07) is 1.93. The summed E-state index contributed by atoms with van der Waals surface area (Å²) in [5.74, 6) is 0.975. The maximum absolute atomic E-state index is 5.81. The normalized spacial score (nSPS) is 10.5. The van der Waals surface area contributed by atoms with E-state index in [1.807, 2.05) is 21.0 Å². The van der Waals surface area contributed by atoms with Crippen LogP contribution in [0.5, 0.6) is 11.9 Å². The van der Waals surface area contributed by atoms with Crippen molar-refractivity contribution in [2.75, 3.05) is 19.0 Å². The fourth-order valence-electron chi connectivity index (χ4n) is 1.34. The van der Waals surface area contributed by atoms with E-state index in [2.05, 4.69) is 20.1 Å². The molecule has 0 spiro atoms. The smallest absolute Gasteiger partial charge is 0.329 e. The molecule has 2 aromatic rings. The average molecular weight is 269 g/mol.